The highest BCUT2D eigenvalue weighted by molar-refractivity contribution is 8.16. The van der Waals surface area contributed by atoms with Gasteiger partial charge in [-0.2, -0.15) is 8.42 Å². The zero-order valence-corrected chi connectivity index (χ0v) is 14.8. The van der Waals surface area contributed by atoms with Crippen molar-refractivity contribution in [1.82, 2.24) is 0 Å². The molecule has 0 aliphatic carbocycles. The zero-order valence-electron chi connectivity index (χ0n) is 13.2. The van der Waals surface area contributed by atoms with Gasteiger partial charge in [0.05, 0.1) is 15.8 Å². The average Bonchev–Trinajstić information content (AvgIpc) is 2.82. The maximum absolute atomic E-state index is 12.6. The maximum atomic E-state index is 12.6. The smallest absolute Gasteiger partial charge is 0.273 e. The predicted octanol–water partition coefficient (Wildman–Crippen LogP) is 3.21. The van der Waals surface area contributed by atoms with E-state index in [-0.39, 0.29) is 21.2 Å². The summed E-state index contributed by atoms with van der Waals surface area (Å²) in [5, 5.41) is -0.198. The van der Waals surface area contributed by atoms with E-state index >= 15 is 0 Å². The van der Waals surface area contributed by atoms with E-state index in [9.17, 15) is 13.2 Å². The average molecular weight is 360 g/mol. The molecule has 1 fully saturated rings. The predicted molar refractivity (Wildman–Crippen MR) is 96.8 cm³/mol. The topological polar surface area (TPSA) is 66.8 Å². The highest BCUT2D eigenvalue weighted by atomic mass is 32.2. The Morgan fingerprint density at radius 1 is 1.04 bits per heavy atom. The molecule has 1 aliphatic heterocycles. The molecule has 24 heavy (non-hydrogen) atoms. The van der Waals surface area contributed by atoms with Gasteiger partial charge in [-0.25, -0.2) is 0 Å². The normalized spacial score (nSPS) is 19.9. The first-order chi connectivity index (χ1) is 11.4. The van der Waals surface area contributed by atoms with Crippen molar-refractivity contribution in [2.75, 3.05) is 4.90 Å². The molecule has 0 saturated carbocycles. The van der Waals surface area contributed by atoms with Crippen LogP contribution in [-0.2, 0) is 14.8 Å². The van der Waals surface area contributed by atoms with Crippen LogP contribution in [0.15, 0.2) is 63.9 Å². The first-order valence-corrected chi connectivity index (χ1v) is 9.68. The Morgan fingerprint density at radius 2 is 1.67 bits per heavy atom. The maximum Gasteiger partial charge on any atom is 0.284 e. The number of amides is 1. The van der Waals surface area contributed by atoms with Gasteiger partial charge < -0.3 is 0 Å². The van der Waals surface area contributed by atoms with Crippen LogP contribution in [0.1, 0.15) is 12.5 Å². The summed E-state index contributed by atoms with van der Waals surface area (Å²) in [6.07, 6.45) is 0. The fourth-order valence-electron chi connectivity index (χ4n) is 2.28. The number of para-hydroxylation sites is 1. The van der Waals surface area contributed by atoms with Gasteiger partial charge in [0, 0.05) is 0 Å². The summed E-state index contributed by atoms with van der Waals surface area (Å²) in [5.74, 6) is -0.177. The Hall–Kier alpha value is -2.12. The van der Waals surface area contributed by atoms with Crippen molar-refractivity contribution >= 4 is 38.5 Å². The lowest BCUT2D eigenvalue weighted by atomic mass is 10.2. The lowest BCUT2D eigenvalue weighted by Gasteiger charge is -2.15. The van der Waals surface area contributed by atoms with Crippen molar-refractivity contribution in [2.45, 2.75) is 24.0 Å². The van der Waals surface area contributed by atoms with E-state index in [2.05, 4.69) is 4.40 Å². The van der Waals surface area contributed by atoms with Crippen LogP contribution >= 0.6 is 11.8 Å². The van der Waals surface area contributed by atoms with Crippen molar-refractivity contribution < 1.29 is 13.2 Å². The fourth-order valence-corrected chi connectivity index (χ4v) is 4.44. The van der Waals surface area contributed by atoms with Gasteiger partial charge in [0.1, 0.15) is 0 Å². The van der Waals surface area contributed by atoms with Crippen LogP contribution in [0, 0.1) is 6.92 Å². The summed E-state index contributed by atoms with van der Waals surface area (Å²) >= 11 is 1.15. The van der Waals surface area contributed by atoms with Crippen LogP contribution in [0.25, 0.3) is 0 Å². The fraction of sp³-hybridized carbons (Fsp3) is 0.176. The summed E-state index contributed by atoms with van der Waals surface area (Å²) in [4.78, 5) is 13.9. The highest BCUT2D eigenvalue weighted by Crippen LogP contribution is 2.32. The molecule has 0 aromatic heterocycles. The monoisotopic (exact) mass is 360 g/mol. The molecule has 0 unspecified atom stereocenters. The third-order valence-electron chi connectivity index (χ3n) is 3.57. The van der Waals surface area contributed by atoms with Crippen LogP contribution < -0.4 is 4.90 Å². The van der Waals surface area contributed by atoms with Crippen LogP contribution in [0.2, 0.25) is 0 Å². The molecule has 1 atom stereocenters. The third-order valence-corrected chi connectivity index (χ3v) is 6.01. The molecule has 1 aliphatic rings. The molecule has 0 N–H and O–H groups in total. The molecule has 124 valence electrons. The first-order valence-electron chi connectivity index (χ1n) is 7.36. The number of benzene rings is 2. The number of thioether (sulfide) groups is 1. The largest absolute Gasteiger partial charge is 0.284 e. The first kappa shape index (κ1) is 16.7. The van der Waals surface area contributed by atoms with Crippen molar-refractivity contribution in [3.63, 3.8) is 0 Å². The van der Waals surface area contributed by atoms with Crippen LogP contribution in [0.4, 0.5) is 5.69 Å². The van der Waals surface area contributed by atoms with Crippen LogP contribution in [0.5, 0.6) is 0 Å². The van der Waals surface area contributed by atoms with E-state index in [1.165, 1.54) is 17.0 Å². The van der Waals surface area contributed by atoms with Crippen molar-refractivity contribution in [3.8, 4) is 0 Å². The Balaban J connectivity index is 2.04. The second kappa shape index (κ2) is 6.41. The molecule has 1 heterocycles. The molecular formula is C17H16N2O3S2. The van der Waals surface area contributed by atoms with Gasteiger partial charge in [0.25, 0.3) is 10.0 Å². The van der Waals surface area contributed by atoms with Crippen molar-refractivity contribution in [2.24, 2.45) is 4.40 Å². The Bertz CT molecular complexity index is 891. The molecular weight excluding hydrogens is 344 g/mol. The number of amidine groups is 1. The molecule has 3 rings (SSSR count). The molecule has 0 spiro atoms. The number of sulfonamides is 1. The molecule has 1 amide bonds. The van der Waals surface area contributed by atoms with E-state index in [1.807, 2.05) is 13.0 Å². The van der Waals surface area contributed by atoms with Gasteiger partial charge >= 0.3 is 0 Å². The number of rotatable bonds is 3. The Kier molecular flexibility index (Phi) is 4.47. The minimum absolute atomic E-state index is 0.112. The number of carbonyl (C=O) groups excluding carboxylic acids is 1. The second-order valence-electron chi connectivity index (χ2n) is 5.43. The van der Waals surface area contributed by atoms with E-state index in [0.717, 1.165) is 17.3 Å². The number of hydrogen-bond donors (Lipinski definition) is 0. The second-order valence-corrected chi connectivity index (χ2v) is 8.34. The lowest BCUT2D eigenvalue weighted by molar-refractivity contribution is -0.116. The molecule has 0 bridgehead atoms. The minimum atomic E-state index is -3.87. The Morgan fingerprint density at radius 3 is 2.29 bits per heavy atom. The number of nitrogens with zero attached hydrogens (tertiary/aromatic N) is 2. The van der Waals surface area contributed by atoms with Gasteiger partial charge in [-0.05, 0) is 38.1 Å². The summed E-state index contributed by atoms with van der Waals surface area (Å²) in [5.41, 5.74) is 1.57. The van der Waals surface area contributed by atoms with Crippen LogP contribution in [0.3, 0.4) is 0 Å². The van der Waals surface area contributed by atoms with Gasteiger partial charge in [-0.3, -0.25) is 9.69 Å². The zero-order chi connectivity index (χ0) is 17.3. The molecule has 2 aromatic carbocycles. The number of carbonyl (C=O) groups is 1. The summed E-state index contributed by atoms with van der Waals surface area (Å²) in [6, 6.07) is 15.4. The molecule has 2 aromatic rings. The van der Waals surface area contributed by atoms with Gasteiger partial charge in [-0.1, -0.05) is 47.7 Å². The molecule has 7 heteroatoms. The molecule has 0 radical (unpaired) electrons. The van der Waals surface area contributed by atoms with E-state index < -0.39 is 10.0 Å². The standard InChI is InChI=1S/C17H16N2O3S2/c1-12-8-10-15(11-9-12)24(21,22)18-17-19(16(20)13(2)23-17)14-6-4-3-5-7-14/h3-11,13H,1-2H3/t13-/m1/s1. The van der Waals surface area contributed by atoms with Crippen molar-refractivity contribution in [1.29, 1.82) is 0 Å². The van der Waals surface area contributed by atoms with Crippen LogP contribution in [-0.4, -0.2) is 24.7 Å². The molecule has 1 saturated heterocycles. The van der Waals surface area contributed by atoms with Crippen molar-refractivity contribution in [3.05, 3.63) is 60.2 Å². The SMILES string of the molecule is Cc1ccc(S(=O)(=O)N=C2S[C@H](C)C(=O)N2c2ccccc2)cc1. The lowest BCUT2D eigenvalue weighted by Crippen LogP contribution is -2.31. The Labute approximate surface area is 145 Å². The number of hydrogen-bond acceptors (Lipinski definition) is 4. The minimum Gasteiger partial charge on any atom is -0.273 e. The van der Waals surface area contributed by atoms with Gasteiger partial charge in [0.15, 0.2) is 5.17 Å². The number of anilines is 1. The van der Waals surface area contributed by atoms with Gasteiger partial charge in [-0.15, -0.1) is 4.40 Å². The van der Waals surface area contributed by atoms with E-state index in [1.54, 1.807) is 43.3 Å². The summed E-state index contributed by atoms with van der Waals surface area (Å²) < 4.78 is 29.0. The quantitative estimate of drug-likeness (QED) is 0.843. The highest BCUT2D eigenvalue weighted by Gasteiger charge is 2.37. The third kappa shape index (κ3) is 3.22. The summed E-state index contributed by atoms with van der Waals surface area (Å²) in [7, 11) is -3.87. The van der Waals surface area contributed by atoms with E-state index in [0.29, 0.717) is 5.69 Å². The van der Waals surface area contributed by atoms with E-state index in [4.69, 9.17) is 0 Å². The number of aryl methyl sites for hydroxylation is 1. The molecule has 5 nitrogen and oxygen atoms in total. The summed E-state index contributed by atoms with van der Waals surface area (Å²) in [6.45, 7) is 3.62. The van der Waals surface area contributed by atoms with Gasteiger partial charge in [0.2, 0.25) is 5.91 Å².